The Labute approximate surface area is 287 Å². The van der Waals surface area contributed by atoms with E-state index in [1.807, 2.05) is 0 Å². The lowest BCUT2D eigenvalue weighted by atomic mass is 9.79. The number of nitrogens with two attached hydrogens (primary N) is 1. The standard InChI is InChI=1S/C43H41N5O/c1-42(2)35(46(5)33-21-17-27-11-7-9-13-31(27)38(33)42)23-19-29-15-16-30(40(29)48-26-25-37(44)45-41(48)49)20-24-36-43(3,4)39-32-14-10-8-12-28(32)18-22-34(39)47(36)6/h7-14,17-26H,15-16H2,1-6H3,(H-,44,45,49)/p+1. The summed E-state index contributed by atoms with van der Waals surface area (Å²) in [6.45, 7) is 9.22. The fraction of sp³-hybridized carbons (Fsp3) is 0.233. The summed E-state index contributed by atoms with van der Waals surface area (Å²) in [4.78, 5) is 19.8. The van der Waals surface area contributed by atoms with Crippen LogP contribution in [-0.4, -0.2) is 33.9 Å². The lowest BCUT2D eigenvalue weighted by Gasteiger charge is -2.24. The van der Waals surface area contributed by atoms with Crippen LogP contribution in [0.1, 0.15) is 51.7 Å². The number of likely N-dealkylation sites (N-methyl/N-ethyl adjacent to an activating group) is 1. The van der Waals surface area contributed by atoms with Crippen molar-refractivity contribution in [3.8, 4) is 0 Å². The van der Waals surface area contributed by atoms with Crippen LogP contribution in [0.5, 0.6) is 0 Å². The predicted molar refractivity (Wildman–Crippen MR) is 204 cm³/mol. The molecule has 1 aromatic heterocycles. The van der Waals surface area contributed by atoms with Gasteiger partial charge in [-0.1, -0.05) is 80.6 Å². The molecule has 0 bridgehead atoms. The summed E-state index contributed by atoms with van der Waals surface area (Å²) in [5, 5.41) is 5.07. The first kappa shape index (κ1) is 30.8. The highest BCUT2D eigenvalue weighted by molar-refractivity contribution is 6.08. The third kappa shape index (κ3) is 4.65. The summed E-state index contributed by atoms with van der Waals surface area (Å²) in [5.41, 5.74) is 15.8. The van der Waals surface area contributed by atoms with Crippen molar-refractivity contribution >= 4 is 50.1 Å². The number of nitrogens with zero attached hydrogens (tertiary/aromatic N) is 4. The molecule has 2 aliphatic heterocycles. The van der Waals surface area contributed by atoms with Gasteiger partial charge < -0.3 is 10.6 Å². The molecule has 4 aromatic carbocycles. The molecule has 49 heavy (non-hydrogen) atoms. The summed E-state index contributed by atoms with van der Waals surface area (Å²) < 4.78 is 3.97. The average molecular weight is 645 g/mol. The Hall–Kier alpha value is -5.49. The van der Waals surface area contributed by atoms with Crippen LogP contribution in [-0.2, 0) is 10.8 Å². The van der Waals surface area contributed by atoms with Gasteiger partial charge in [0, 0.05) is 47.7 Å². The van der Waals surface area contributed by atoms with Crippen LogP contribution in [0.4, 0.5) is 17.2 Å². The number of benzene rings is 4. The molecule has 3 heterocycles. The van der Waals surface area contributed by atoms with Gasteiger partial charge in [-0.25, -0.2) is 4.79 Å². The quantitative estimate of drug-likeness (QED) is 0.199. The van der Waals surface area contributed by atoms with E-state index < -0.39 is 0 Å². The Morgan fingerprint density at radius 1 is 0.796 bits per heavy atom. The average Bonchev–Trinajstić information content (AvgIpc) is 3.63. The van der Waals surface area contributed by atoms with Gasteiger partial charge in [0.15, 0.2) is 5.71 Å². The normalized spacial score (nSPS) is 19.8. The van der Waals surface area contributed by atoms with Crippen LogP contribution in [0, 0.1) is 0 Å². The Kier molecular flexibility index (Phi) is 6.93. The van der Waals surface area contributed by atoms with Crippen molar-refractivity contribution in [2.24, 2.45) is 0 Å². The van der Waals surface area contributed by atoms with Gasteiger partial charge in [-0.15, -0.1) is 0 Å². The van der Waals surface area contributed by atoms with Crippen molar-refractivity contribution < 1.29 is 4.58 Å². The van der Waals surface area contributed by atoms with Crippen molar-refractivity contribution in [1.82, 2.24) is 9.55 Å². The van der Waals surface area contributed by atoms with Crippen molar-refractivity contribution in [3.05, 3.63) is 148 Å². The first-order valence-corrected chi connectivity index (χ1v) is 17.1. The number of rotatable bonds is 4. The number of allylic oxidation sites excluding steroid dienone is 8. The van der Waals surface area contributed by atoms with E-state index in [0.717, 1.165) is 29.7 Å². The molecule has 1 aliphatic carbocycles. The van der Waals surface area contributed by atoms with Crippen molar-refractivity contribution in [3.63, 3.8) is 0 Å². The molecule has 0 saturated heterocycles. The Balaban J connectivity index is 1.23. The minimum atomic E-state index is -0.372. The van der Waals surface area contributed by atoms with Crippen LogP contribution in [0.15, 0.2) is 131 Å². The Morgan fingerprint density at radius 3 is 2.18 bits per heavy atom. The second-order valence-electron chi connectivity index (χ2n) is 14.6. The zero-order chi connectivity index (χ0) is 34.2. The summed E-state index contributed by atoms with van der Waals surface area (Å²) in [7, 11) is 4.30. The largest absolute Gasteiger partial charge is 0.383 e. The molecular formula is C43H42N5O+. The van der Waals surface area contributed by atoms with Gasteiger partial charge in [0.25, 0.3) is 0 Å². The van der Waals surface area contributed by atoms with Gasteiger partial charge in [0.05, 0.1) is 11.1 Å². The fourth-order valence-corrected chi connectivity index (χ4v) is 8.68. The molecule has 0 fully saturated rings. The third-order valence-corrected chi connectivity index (χ3v) is 11.0. The molecule has 0 spiro atoms. The van der Waals surface area contributed by atoms with E-state index in [1.165, 1.54) is 55.5 Å². The van der Waals surface area contributed by atoms with Crippen LogP contribution in [0.3, 0.4) is 0 Å². The molecule has 6 nitrogen and oxygen atoms in total. The molecule has 5 aromatic rings. The lowest BCUT2D eigenvalue weighted by molar-refractivity contribution is -0.401. The van der Waals surface area contributed by atoms with Crippen LogP contribution >= 0.6 is 0 Å². The minimum absolute atomic E-state index is 0.207. The highest BCUT2D eigenvalue weighted by atomic mass is 16.1. The number of aromatic nitrogens is 2. The summed E-state index contributed by atoms with van der Waals surface area (Å²) >= 11 is 0. The molecular weight excluding hydrogens is 603 g/mol. The Morgan fingerprint density at radius 2 is 1.47 bits per heavy atom. The second-order valence-corrected chi connectivity index (χ2v) is 14.6. The number of anilines is 2. The van der Waals surface area contributed by atoms with Gasteiger partial charge in [-0.3, -0.25) is 4.57 Å². The van der Waals surface area contributed by atoms with Gasteiger partial charge in [-0.05, 0) is 89.2 Å². The maximum absolute atomic E-state index is 13.3. The molecule has 0 radical (unpaired) electrons. The van der Waals surface area contributed by atoms with E-state index in [4.69, 9.17) is 5.73 Å². The lowest BCUT2D eigenvalue weighted by Crippen LogP contribution is -2.27. The molecule has 2 N–H and O–H groups in total. The van der Waals surface area contributed by atoms with E-state index in [2.05, 4.69) is 153 Å². The van der Waals surface area contributed by atoms with Gasteiger partial charge in [0.1, 0.15) is 12.9 Å². The van der Waals surface area contributed by atoms with E-state index in [0.29, 0.717) is 0 Å². The van der Waals surface area contributed by atoms with Gasteiger partial charge in [-0.2, -0.15) is 9.56 Å². The van der Waals surface area contributed by atoms with E-state index >= 15 is 0 Å². The monoisotopic (exact) mass is 644 g/mol. The van der Waals surface area contributed by atoms with Crippen LogP contribution in [0.2, 0.25) is 0 Å². The van der Waals surface area contributed by atoms with Crippen LogP contribution < -0.4 is 16.3 Å². The minimum Gasteiger partial charge on any atom is -0.383 e. The molecule has 8 rings (SSSR count). The fourth-order valence-electron chi connectivity index (χ4n) is 8.68. The zero-order valence-corrected chi connectivity index (χ0v) is 29.1. The first-order valence-electron chi connectivity index (χ1n) is 17.1. The molecule has 6 heteroatoms. The van der Waals surface area contributed by atoms with Gasteiger partial charge >= 0.3 is 5.69 Å². The molecule has 0 atom stereocenters. The summed E-state index contributed by atoms with van der Waals surface area (Å²) in [5.74, 6) is 0.221. The summed E-state index contributed by atoms with van der Waals surface area (Å²) in [6, 6.07) is 27.8. The zero-order valence-electron chi connectivity index (χ0n) is 29.1. The number of hydrogen-bond acceptors (Lipinski definition) is 4. The molecule has 0 unspecified atom stereocenters. The highest BCUT2D eigenvalue weighted by Gasteiger charge is 2.44. The molecule has 0 saturated carbocycles. The first-order chi connectivity index (χ1) is 23.5. The Bertz CT molecular complexity index is 2450. The number of fused-ring (bicyclic) bond motifs is 6. The third-order valence-electron chi connectivity index (χ3n) is 11.0. The predicted octanol–water partition coefficient (Wildman–Crippen LogP) is 8.64. The second kappa shape index (κ2) is 11.0. The molecule has 0 amide bonds. The number of hydrogen-bond donors (Lipinski definition) is 1. The maximum Gasteiger partial charge on any atom is 0.354 e. The van der Waals surface area contributed by atoms with Crippen molar-refractivity contribution in [1.29, 1.82) is 0 Å². The topological polar surface area (TPSA) is 67.2 Å². The molecule has 244 valence electrons. The highest BCUT2D eigenvalue weighted by Crippen LogP contribution is 2.50. The van der Waals surface area contributed by atoms with Gasteiger partial charge in [0.2, 0.25) is 5.69 Å². The van der Waals surface area contributed by atoms with E-state index in [1.54, 1.807) is 16.8 Å². The number of nitrogen functional groups attached to an aromatic ring is 1. The SMILES string of the molecule is CN1/C(=C/C=C2\CCC(/C=C/C3=[N+](C)c4ccc5ccccc5c4C3(C)C)=C2n2ccc(N)nc2=O)C(C)(C)c2c1ccc1ccccc21. The van der Waals surface area contributed by atoms with Crippen molar-refractivity contribution in [2.45, 2.75) is 51.4 Å². The smallest absolute Gasteiger partial charge is 0.354 e. The summed E-state index contributed by atoms with van der Waals surface area (Å²) in [6.07, 6.45) is 12.3. The van der Waals surface area contributed by atoms with Crippen LogP contribution in [0.25, 0.3) is 27.2 Å². The van der Waals surface area contributed by atoms with E-state index in [-0.39, 0.29) is 22.3 Å². The van der Waals surface area contributed by atoms with Crippen molar-refractivity contribution in [2.75, 3.05) is 24.7 Å². The maximum atomic E-state index is 13.3. The van der Waals surface area contributed by atoms with E-state index in [9.17, 15) is 4.79 Å². The molecule has 3 aliphatic rings.